The van der Waals surface area contributed by atoms with E-state index in [2.05, 4.69) is 15.4 Å². The Bertz CT molecular complexity index is 358. The number of hydrogen-bond acceptors (Lipinski definition) is 4. The van der Waals surface area contributed by atoms with Crippen molar-refractivity contribution in [1.29, 1.82) is 0 Å². The van der Waals surface area contributed by atoms with Gasteiger partial charge in [-0.25, -0.2) is 4.98 Å². The number of rotatable bonds is 7. The Labute approximate surface area is 109 Å². The Morgan fingerprint density at radius 3 is 2.83 bits per heavy atom. The quantitative estimate of drug-likeness (QED) is 0.740. The molecule has 0 aromatic carbocycles. The molecule has 1 aliphatic rings. The molecule has 0 amide bonds. The normalized spacial score (nSPS) is 18.3. The van der Waals surface area contributed by atoms with Crippen LogP contribution in [0.25, 0.3) is 0 Å². The van der Waals surface area contributed by atoms with Gasteiger partial charge in [-0.05, 0) is 18.3 Å². The van der Waals surface area contributed by atoms with Crippen molar-refractivity contribution in [3.63, 3.8) is 0 Å². The fraction of sp³-hybridized carbons (Fsp3) is 0.846. The van der Waals surface area contributed by atoms with Crippen molar-refractivity contribution in [3.8, 4) is 0 Å². The third kappa shape index (κ3) is 3.29. The van der Waals surface area contributed by atoms with Gasteiger partial charge in [0, 0.05) is 33.7 Å². The van der Waals surface area contributed by atoms with E-state index in [0.29, 0.717) is 5.41 Å². The van der Waals surface area contributed by atoms with E-state index in [0.717, 1.165) is 31.9 Å². The second-order valence-corrected chi connectivity index (χ2v) is 5.35. The monoisotopic (exact) mass is 252 g/mol. The molecule has 0 bridgehead atoms. The van der Waals surface area contributed by atoms with Gasteiger partial charge in [0.1, 0.15) is 12.2 Å². The third-order valence-corrected chi connectivity index (χ3v) is 3.99. The lowest BCUT2D eigenvalue weighted by molar-refractivity contribution is 0.189. The summed E-state index contributed by atoms with van der Waals surface area (Å²) in [5.41, 5.74) is 0.370. The summed E-state index contributed by atoms with van der Waals surface area (Å²) in [7, 11) is 3.72. The maximum Gasteiger partial charge on any atom is 0.138 e. The van der Waals surface area contributed by atoms with Gasteiger partial charge in [0.25, 0.3) is 0 Å². The number of nitrogens with one attached hydrogen (secondary N) is 1. The van der Waals surface area contributed by atoms with Crippen LogP contribution in [0.15, 0.2) is 6.33 Å². The van der Waals surface area contributed by atoms with Gasteiger partial charge in [-0.1, -0.05) is 12.8 Å². The Morgan fingerprint density at radius 2 is 2.22 bits per heavy atom. The molecule has 1 heterocycles. The van der Waals surface area contributed by atoms with Crippen LogP contribution in [-0.2, 0) is 18.2 Å². The molecule has 0 spiro atoms. The standard InChI is InChI=1S/C13H24N4O/c1-17-12(15-11-16-17)9-13(5-3-4-6-13)10-14-7-8-18-2/h11,14H,3-10H2,1-2H3. The van der Waals surface area contributed by atoms with Crippen molar-refractivity contribution in [2.75, 3.05) is 26.8 Å². The molecular formula is C13H24N4O. The van der Waals surface area contributed by atoms with Gasteiger partial charge in [0.15, 0.2) is 0 Å². The van der Waals surface area contributed by atoms with Crippen LogP contribution in [0, 0.1) is 5.41 Å². The second-order valence-electron chi connectivity index (χ2n) is 5.35. The van der Waals surface area contributed by atoms with E-state index in [-0.39, 0.29) is 0 Å². The number of ether oxygens (including phenoxy) is 1. The second kappa shape index (κ2) is 6.29. The van der Waals surface area contributed by atoms with E-state index in [9.17, 15) is 0 Å². The van der Waals surface area contributed by atoms with Gasteiger partial charge >= 0.3 is 0 Å². The molecule has 1 fully saturated rings. The van der Waals surface area contributed by atoms with Crippen LogP contribution < -0.4 is 5.32 Å². The number of aryl methyl sites for hydroxylation is 1. The molecule has 1 aromatic rings. The molecule has 5 nitrogen and oxygen atoms in total. The highest BCUT2D eigenvalue weighted by molar-refractivity contribution is 4.97. The lowest BCUT2D eigenvalue weighted by atomic mass is 9.82. The number of hydrogen-bond donors (Lipinski definition) is 1. The molecule has 0 unspecified atom stereocenters. The zero-order valence-corrected chi connectivity index (χ0v) is 11.5. The van der Waals surface area contributed by atoms with E-state index >= 15 is 0 Å². The van der Waals surface area contributed by atoms with Crippen molar-refractivity contribution in [3.05, 3.63) is 12.2 Å². The molecule has 1 saturated carbocycles. The molecule has 0 aliphatic heterocycles. The van der Waals surface area contributed by atoms with Crippen molar-refractivity contribution >= 4 is 0 Å². The first-order valence-corrected chi connectivity index (χ1v) is 6.78. The summed E-state index contributed by atoms with van der Waals surface area (Å²) in [6.07, 6.45) is 7.94. The number of nitrogens with zero attached hydrogens (tertiary/aromatic N) is 3. The topological polar surface area (TPSA) is 52.0 Å². The number of aromatic nitrogens is 3. The fourth-order valence-corrected chi connectivity index (χ4v) is 2.88. The van der Waals surface area contributed by atoms with E-state index in [1.54, 1.807) is 13.4 Å². The molecule has 1 aliphatic carbocycles. The van der Waals surface area contributed by atoms with E-state index in [1.807, 2.05) is 11.7 Å². The molecule has 1 N–H and O–H groups in total. The predicted octanol–water partition coefficient (Wildman–Crippen LogP) is 1.15. The van der Waals surface area contributed by atoms with Crippen LogP contribution in [0.5, 0.6) is 0 Å². The van der Waals surface area contributed by atoms with Gasteiger partial charge in [0.05, 0.1) is 6.61 Å². The molecule has 5 heteroatoms. The molecule has 2 rings (SSSR count). The van der Waals surface area contributed by atoms with E-state index in [1.165, 1.54) is 25.7 Å². The lowest BCUT2D eigenvalue weighted by Gasteiger charge is -2.29. The van der Waals surface area contributed by atoms with Gasteiger partial charge in [-0.15, -0.1) is 0 Å². The van der Waals surface area contributed by atoms with Crippen LogP contribution in [-0.4, -0.2) is 41.6 Å². The fourth-order valence-electron chi connectivity index (χ4n) is 2.88. The highest BCUT2D eigenvalue weighted by atomic mass is 16.5. The lowest BCUT2D eigenvalue weighted by Crippen LogP contribution is -2.36. The largest absolute Gasteiger partial charge is 0.383 e. The van der Waals surface area contributed by atoms with Crippen LogP contribution in [0.1, 0.15) is 31.5 Å². The van der Waals surface area contributed by atoms with Crippen molar-refractivity contribution in [2.24, 2.45) is 12.5 Å². The van der Waals surface area contributed by atoms with Crippen LogP contribution in [0.3, 0.4) is 0 Å². The minimum Gasteiger partial charge on any atom is -0.383 e. The van der Waals surface area contributed by atoms with Crippen molar-refractivity contribution in [2.45, 2.75) is 32.1 Å². The number of methoxy groups -OCH3 is 1. The maximum atomic E-state index is 5.08. The molecule has 102 valence electrons. The minimum absolute atomic E-state index is 0.370. The maximum absolute atomic E-state index is 5.08. The van der Waals surface area contributed by atoms with E-state index in [4.69, 9.17) is 4.74 Å². The SMILES string of the molecule is COCCNCC1(Cc2ncnn2C)CCCC1. The first-order valence-electron chi connectivity index (χ1n) is 6.78. The van der Waals surface area contributed by atoms with Crippen LogP contribution >= 0.6 is 0 Å². The van der Waals surface area contributed by atoms with Gasteiger partial charge in [0.2, 0.25) is 0 Å². The highest BCUT2D eigenvalue weighted by Gasteiger charge is 2.34. The minimum atomic E-state index is 0.370. The first kappa shape index (κ1) is 13.5. The average molecular weight is 252 g/mol. The highest BCUT2D eigenvalue weighted by Crippen LogP contribution is 2.40. The van der Waals surface area contributed by atoms with Crippen molar-refractivity contribution in [1.82, 2.24) is 20.1 Å². The van der Waals surface area contributed by atoms with Crippen LogP contribution in [0.4, 0.5) is 0 Å². The average Bonchev–Trinajstić information content (AvgIpc) is 2.97. The Kier molecular flexibility index (Phi) is 4.72. The third-order valence-electron chi connectivity index (χ3n) is 3.99. The molecule has 0 radical (unpaired) electrons. The zero-order valence-electron chi connectivity index (χ0n) is 11.5. The summed E-state index contributed by atoms with van der Waals surface area (Å²) in [4.78, 5) is 4.37. The smallest absolute Gasteiger partial charge is 0.138 e. The van der Waals surface area contributed by atoms with Crippen molar-refractivity contribution < 1.29 is 4.74 Å². The molecule has 0 atom stereocenters. The van der Waals surface area contributed by atoms with E-state index < -0.39 is 0 Å². The predicted molar refractivity (Wildman–Crippen MR) is 70.4 cm³/mol. The molecule has 0 saturated heterocycles. The zero-order chi connectivity index (χ0) is 12.8. The summed E-state index contributed by atoms with van der Waals surface area (Å²) in [6, 6.07) is 0. The Balaban J connectivity index is 1.92. The Hall–Kier alpha value is -0.940. The molecule has 18 heavy (non-hydrogen) atoms. The van der Waals surface area contributed by atoms with Crippen LogP contribution in [0.2, 0.25) is 0 Å². The Morgan fingerprint density at radius 1 is 1.44 bits per heavy atom. The van der Waals surface area contributed by atoms with Gasteiger partial charge in [-0.3, -0.25) is 4.68 Å². The van der Waals surface area contributed by atoms with Gasteiger partial charge in [-0.2, -0.15) is 5.10 Å². The first-order chi connectivity index (χ1) is 8.76. The van der Waals surface area contributed by atoms with Gasteiger partial charge < -0.3 is 10.1 Å². The summed E-state index contributed by atoms with van der Waals surface area (Å²) in [6.45, 7) is 2.76. The molecular weight excluding hydrogens is 228 g/mol. The summed E-state index contributed by atoms with van der Waals surface area (Å²) >= 11 is 0. The molecule has 1 aromatic heterocycles. The summed E-state index contributed by atoms with van der Waals surface area (Å²) in [5, 5.41) is 7.68. The summed E-state index contributed by atoms with van der Waals surface area (Å²) in [5.74, 6) is 1.10. The summed E-state index contributed by atoms with van der Waals surface area (Å²) < 4.78 is 6.97.